The molecule has 0 bridgehead atoms. The van der Waals surface area contributed by atoms with Gasteiger partial charge in [0.1, 0.15) is 12.3 Å². The highest BCUT2D eigenvalue weighted by Crippen LogP contribution is 2.35. The van der Waals surface area contributed by atoms with Crippen molar-refractivity contribution in [3.05, 3.63) is 58.4 Å². The molecule has 3 heterocycles. The van der Waals surface area contributed by atoms with E-state index in [1.807, 2.05) is 12.1 Å². The zero-order chi connectivity index (χ0) is 20.4. The predicted molar refractivity (Wildman–Crippen MR) is 110 cm³/mol. The number of carbonyl (C=O) groups excluding carboxylic acids is 2. The van der Waals surface area contributed by atoms with Crippen LogP contribution >= 0.6 is 12.4 Å². The normalized spacial score (nSPS) is 18.1. The maximum Gasteiger partial charge on any atom is 0.271 e. The van der Waals surface area contributed by atoms with E-state index >= 15 is 0 Å². The molecule has 0 saturated carbocycles. The quantitative estimate of drug-likeness (QED) is 0.570. The van der Waals surface area contributed by atoms with Crippen molar-refractivity contribution in [3.8, 4) is 5.75 Å². The number of nitrogens with zero attached hydrogens (tertiary/aromatic N) is 4. The second kappa shape index (κ2) is 9.06. The van der Waals surface area contributed by atoms with Gasteiger partial charge in [0.05, 0.1) is 16.7 Å². The Bertz CT molecular complexity index is 958. The van der Waals surface area contributed by atoms with Gasteiger partial charge in [-0.15, -0.1) is 12.4 Å². The molecule has 1 aromatic heterocycles. The van der Waals surface area contributed by atoms with E-state index in [2.05, 4.69) is 10.3 Å². The highest BCUT2D eigenvalue weighted by atomic mass is 35.5. The number of non-ortho nitro benzene ring substituents is 1. The van der Waals surface area contributed by atoms with Gasteiger partial charge in [0.2, 0.25) is 5.91 Å². The molecule has 1 unspecified atom stereocenters. The number of fused-ring (bicyclic) bond motifs is 1. The van der Waals surface area contributed by atoms with Gasteiger partial charge in [-0.1, -0.05) is 6.07 Å². The molecule has 2 amide bonds. The summed E-state index contributed by atoms with van der Waals surface area (Å²) in [6.07, 6.45) is 3.39. The summed E-state index contributed by atoms with van der Waals surface area (Å²) in [6.45, 7) is 1.27. The first-order valence-corrected chi connectivity index (χ1v) is 9.16. The molecule has 2 aliphatic rings. The van der Waals surface area contributed by atoms with E-state index in [-0.39, 0.29) is 48.9 Å². The SMILES string of the molecule is Cl.O=C1COc2ccc([N+](=O)[O-])cc2N1CC(=O)N1CCNCC1c1cccnc1. The number of ether oxygens (including phenoxy) is 1. The molecule has 1 N–H and O–H groups in total. The first-order chi connectivity index (χ1) is 14.0. The van der Waals surface area contributed by atoms with Crippen LogP contribution in [0.15, 0.2) is 42.7 Å². The topological polar surface area (TPSA) is 118 Å². The number of nitro benzene ring substituents is 1. The van der Waals surface area contributed by atoms with Crippen LogP contribution in [0.25, 0.3) is 0 Å². The maximum atomic E-state index is 13.1. The third-order valence-electron chi connectivity index (χ3n) is 5.02. The zero-order valence-electron chi connectivity index (χ0n) is 15.9. The van der Waals surface area contributed by atoms with Crippen molar-refractivity contribution in [2.45, 2.75) is 6.04 Å². The summed E-state index contributed by atoms with van der Waals surface area (Å²) in [5, 5.41) is 14.4. The van der Waals surface area contributed by atoms with Crippen LogP contribution < -0.4 is 15.0 Å². The number of rotatable bonds is 4. The van der Waals surface area contributed by atoms with Gasteiger partial charge < -0.3 is 15.0 Å². The number of pyridine rings is 1. The summed E-state index contributed by atoms with van der Waals surface area (Å²) in [5.74, 6) is -0.320. The molecule has 158 valence electrons. The monoisotopic (exact) mass is 433 g/mol. The van der Waals surface area contributed by atoms with E-state index in [9.17, 15) is 19.7 Å². The summed E-state index contributed by atoms with van der Waals surface area (Å²) in [5.41, 5.74) is 0.962. The molecular formula is C19H20ClN5O5. The Balaban J connectivity index is 0.00000256. The predicted octanol–water partition coefficient (Wildman–Crippen LogP) is 1.31. The number of piperazine rings is 1. The van der Waals surface area contributed by atoms with E-state index in [0.717, 1.165) is 5.56 Å². The second-order valence-electron chi connectivity index (χ2n) is 6.77. The number of nitrogens with one attached hydrogen (secondary N) is 1. The van der Waals surface area contributed by atoms with Crippen molar-refractivity contribution in [1.29, 1.82) is 0 Å². The average Bonchev–Trinajstić information content (AvgIpc) is 2.76. The zero-order valence-corrected chi connectivity index (χ0v) is 16.7. The van der Waals surface area contributed by atoms with Crippen molar-refractivity contribution in [2.75, 3.05) is 37.7 Å². The Labute approximate surface area is 178 Å². The van der Waals surface area contributed by atoms with Crippen molar-refractivity contribution in [1.82, 2.24) is 15.2 Å². The number of hydrogen-bond acceptors (Lipinski definition) is 7. The number of amides is 2. The summed E-state index contributed by atoms with van der Waals surface area (Å²) >= 11 is 0. The Morgan fingerprint density at radius 2 is 2.20 bits per heavy atom. The molecule has 1 atom stereocenters. The lowest BCUT2D eigenvalue weighted by Gasteiger charge is -2.38. The van der Waals surface area contributed by atoms with Crippen LogP contribution in [0, 0.1) is 10.1 Å². The largest absolute Gasteiger partial charge is 0.482 e. The summed E-state index contributed by atoms with van der Waals surface area (Å²) in [6, 6.07) is 7.53. The third kappa shape index (κ3) is 4.19. The highest BCUT2D eigenvalue weighted by Gasteiger charge is 2.33. The number of benzene rings is 1. The van der Waals surface area contributed by atoms with E-state index in [4.69, 9.17) is 4.74 Å². The van der Waals surface area contributed by atoms with Crippen LogP contribution in [0.3, 0.4) is 0 Å². The van der Waals surface area contributed by atoms with Gasteiger partial charge in [-0.25, -0.2) is 0 Å². The molecule has 1 aromatic carbocycles. The first kappa shape index (κ1) is 21.5. The van der Waals surface area contributed by atoms with Gasteiger partial charge in [-0.3, -0.25) is 29.6 Å². The minimum atomic E-state index is -0.548. The molecule has 2 aromatic rings. The number of aromatic nitrogens is 1. The van der Waals surface area contributed by atoms with Gasteiger partial charge in [-0.2, -0.15) is 0 Å². The number of hydrogen-bond donors (Lipinski definition) is 1. The lowest BCUT2D eigenvalue weighted by Crippen LogP contribution is -2.53. The molecule has 0 radical (unpaired) electrons. The fourth-order valence-electron chi connectivity index (χ4n) is 3.58. The minimum absolute atomic E-state index is 0. The highest BCUT2D eigenvalue weighted by molar-refractivity contribution is 6.02. The lowest BCUT2D eigenvalue weighted by atomic mass is 10.1. The molecule has 1 saturated heterocycles. The number of nitro groups is 1. The fourth-order valence-corrected chi connectivity index (χ4v) is 3.58. The number of anilines is 1. The van der Waals surface area contributed by atoms with Crippen molar-refractivity contribution >= 4 is 35.6 Å². The van der Waals surface area contributed by atoms with Crippen LogP contribution in [0.4, 0.5) is 11.4 Å². The maximum absolute atomic E-state index is 13.1. The third-order valence-corrected chi connectivity index (χ3v) is 5.02. The Hall–Kier alpha value is -3.24. The van der Waals surface area contributed by atoms with Crippen molar-refractivity contribution in [2.24, 2.45) is 0 Å². The molecule has 0 spiro atoms. The Morgan fingerprint density at radius 1 is 1.37 bits per heavy atom. The molecule has 4 rings (SSSR count). The van der Waals surface area contributed by atoms with Crippen LogP contribution in [0.5, 0.6) is 5.75 Å². The average molecular weight is 434 g/mol. The van der Waals surface area contributed by atoms with Gasteiger partial charge in [0.25, 0.3) is 11.6 Å². The van der Waals surface area contributed by atoms with E-state index < -0.39 is 10.8 Å². The van der Waals surface area contributed by atoms with Crippen molar-refractivity contribution in [3.63, 3.8) is 0 Å². The molecule has 10 nitrogen and oxygen atoms in total. The van der Waals surface area contributed by atoms with Gasteiger partial charge in [0.15, 0.2) is 6.61 Å². The van der Waals surface area contributed by atoms with Crippen LogP contribution in [0.2, 0.25) is 0 Å². The van der Waals surface area contributed by atoms with E-state index in [1.165, 1.54) is 23.1 Å². The summed E-state index contributed by atoms with van der Waals surface area (Å²) in [7, 11) is 0. The second-order valence-corrected chi connectivity index (χ2v) is 6.77. The Morgan fingerprint density at radius 3 is 2.93 bits per heavy atom. The first-order valence-electron chi connectivity index (χ1n) is 9.16. The van der Waals surface area contributed by atoms with Gasteiger partial charge >= 0.3 is 0 Å². The van der Waals surface area contributed by atoms with Gasteiger partial charge in [0, 0.05) is 44.2 Å². The number of carbonyl (C=O) groups is 2. The number of halogens is 1. The lowest BCUT2D eigenvalue weighted by molar-refractivity contribution is -0.384. The van der Waals surface area contributed by atoms with Crippen LogP contribution in [-0.2, 0) is 9.59 Å². The van der Waals surface area contributed by atoms with E-state index in [0.29, 0.717) is 25.4 Å². The summed E-state index contributed by atoms with van der Waals surface area (Å²) < 4.78 is 5.36. The minimum Gasteiger partial charge on any atom is -0.482 e. The molecule has 0 aliphatic carbocycles. The summed E-state index contributed by atoms with van der Waals surface area (Å²) in [4.78, 5) is 43.3. The van der Waals surface area contributed by atoms with Crippen LogP contribution in [-0.4, -0.2) is 59.4 Å². The van der Waals surface area contributed by atoms with Gasteiger partial charge in [-0.05, 0) is 17.7 Å². The van der Waals surface area contributed by atoms with Crippen molar-refractivity contribution < 1.29 is 19.2 Å². The van der Waals surface area contributed by atoms with Crippen LogP contribution in [0.1, 0.15) is 11.6 Å². The van der Waals surface area contributed by atoms with E-state index in [1.54, 1.807) is 17.3 Å². The molecule has 30 heavy (non-hydrogen) atoms. The molecule has 11 heteroatoms. The smallest absolute Gasteiger partial charge is 0.271 e. The molecular weight excluding hydrogens is 414 g/mol. The standard InChI is InChI=1S/C19H19N5O5.ClH/c25-18(22-7-6-21-10-16(22)13-2-1-5-20-9-13)11-23-15-8-14(24(27)28)3-4-17(15)29-12-19(23)26;/h1-5,8-9,16,21H,6-7,10-12H2;1H. The molecule has 1 fully saturated rings. The fraction of sp³-hybridized carbons (Fsp3) is 0.316. The Kier molecular flexibility index (Phi) is 6.48. The molecule has 2 aliphatic heterocycles.